The van der Waals surface area contributed by atoms with Crippen LogP contribution in [0.3, 0.4) is 0 Å². The third kappa shape index (κ3) is 4.27. The van der Waals surface area contributed by atoms with Crippen molar-refractivity contribution >= 4 is 37.3 Å². The number of hydrogen-bond acceptors (Lipinski definition) is 4. The van der Waals surface area contributed by atoms with E-state index in [1.807, 2.05) is 20.8 Å². The van der Waals surface area contributed by atoms with E-state index in [0.717, 1.165) is 17.8 Å². The van der Waals surface area contributed by atoms with Crippen LogP contribution in [0, 0.1) is 0 Å². The Morgan fingerprint density at radius 3 is 2.65 bits per heavy atom. The maximum atomic E-state index is 12.4. The summed E-state index contributed by atoms with van der Waals surface area (Å²) >= 11 is 4.86. The number of thiophene rings is 1. The molecule has 0 saturated heterocycles. The van der Waals surface area contributed by atoms with Crippen LogP contribution in [0.1, 0.15) is 44.9 Å². The molecule has 0 atom stereocenters. The summed E-state index contributed by atoms with van der Waals surface area (Å²) in [7, 11) is -3.48. The summed E-state index contributed by atoms with van der Waals surface area (Å²) in [5, 5.41) is 3.40. The summed E-state index contributed by atoms with van der Waals surface area (Å²) in [6, 6.07) is 2.38. The molecular weight excluding hydrogens is 360 g/mol. The quantitative estimate of drug-likeness (QED) is 0.763. The monoisotopic (exact) mass is 380 g/mol. The van der Waals surface area contributed by atoms with Crippen LogP contribution in [0.5, 0.6) is 0 Å². The minimum absolute atomic E-state index is 0.344. The van der Waals surface area contributed by atoms with Gasteiger partial charge in [0.15, 0.2) is 0 Å². The summed E-state index contributed by atoms with van der Waals surface area (Å²) in [6.45, 7) is 6.48. The number of halogens is 1. The lowest BCUT2D eigenvalue weighted by molar-refractivity contribution is 0.439. The first-order valence-electron chi connectivity index (χ1n) is 6.79. The van der Waals surface area contributed by atoms with Gasteiger partial charge >= 0.3 is 0 Å². The van der Waals surface area contributed by atoms with Crippen molar-refractivity contribution in [3.63, 3.8) is 0 Å². The summed E-state index contributed by atoms with van der Waals surface area (Å²) in [5.41, 5.74) is -0.438. The zero-order chi connectivity index (χ0) is 15.0. The number of sulfonamides is 1. The second-order valence-electron chi connectivity index (χ2n) is 5.85. The Kier molecular flexibility index (Phi) is 4.96. The van der Waals surface area contributed by atoms with Crippen molar-refractivity contribution in [1.82, 2.24) is 10.0 Å². The van der Waals surface area contributed by atoms with Crippen LogP contribution in [0.2, 0.25) is 0 Å². The first-order chi connectivity index (χ1) is 9.23. The lowest BCUT2D eigenvalue weighted by atomic mass is 10.0. The standard InChI is InChI=1S/C13H21BrN2O2S2/c1-4-13(2,3)16-20(17,18)11-7-10(19-12(11)14)8-15-9-5-6-9/h7,9,15-16H,4-6,8H2,1-3H3. The normalized spacial score (nSPS) is 16.6. The predicted molar refractivity (Wildman–Crippen MR) is 86.6 cm³/mol. The molecule has 20 heavy (non-hydrogen) atoms. The minimum Gasteiger partial charge on any atom is -0.309 e. The molecule has 1 heterocycles. The predicted octanol–water partition coefficient (Wildman–Crippen LogP) is 3.23. The topological polar surface area (TPSA) is 58.2 Å². The smallest absolute Gasteiger partial charge is 0.243 e. The van der Waals surface area contributed by atoms with Crippen molar-refractivity contribution < 1.29 is 8.42 Å². The molecular formula is C13H21BrN2O2S2. The molecule has 1 aliphatic carbocycles. The highest BCUT2D eigenvalue weighted by Gasteiger charge is 2.28. The van der Waals surface area contributed by atoms with E-state index in [9.17, 15) is 8.42 Å². The maximum Gasteiger partial charge on any atom is 0.243 e. The minimum atomic E-state index is -3.48. The van der Waals surface area contributed by atoms with Crippen molar-refractivity contribution in [2.24, 2.45) is 0 Å². The van der Waals surface area contributed by atoms with E-state index in [4.69, 9.17) is 0 Å². The van der Waals surface area contributed by atoms with Crippen LogP contribution < -0.4 is 10.0 Å². The molecule has 7 heteroatoms. The zero-order valence-corrected chi connectivity index (χ0v) is 15.2. The van der Waals surface area contributed by atoms with Crippen LogP contribution in [-0.4, -0.2) is 20.0 Å². The van der Waals surface area contributed by atoms with Crippen LogP contribution in [-0.2, 0) is 16.6 Å². The molecule has 0 aromatic carbocycles. The van der Waals surface area contributed by atoms with E-state index in [1.54, 1.807) is 6.07 Å². The SMILES string of the molecule is CCC(C)(C)NS(=O)(=O)c1cc(CNC2CC2)sc1Br. The number of rotatable bonds is 7. The Balaban J connectivity index is 2.13. The van der Waals surface area contributed by atoms with Crippen LogP contribution in [0.25, 0.3) is 0 Å². The average molecular weight is 381 g/mol. The highest BCUT2D eigenvalue weighted by Crippen LogP contribution is 2.33. The Morgan fingerprint density at radius 1 is 1.45 bits per heavy atom. The summed E-state index contributed by atoms with van der Waals surface area (Å²) in [5.74, 6) is 0. The average Bonchev–Trinajstić information content (AvgIpc) is 3.08. The van der Waals surface area contributed by atoms with E-state index >= 15 is 0 Å². The highest BCUT2D eigenvalue weighted by atomic mass is 79.9. The fourth-order valence-electron chi connectivity index (χ4n) is 1.69. The molecule has 1 aromatic rings. The first kappa shape index (κ1) is 16.4. The molecule has 1 saturated carbocycles. The molecule has 114 valence electrons. The van der Waals surface area contributed by atoms with E-state index in [1.165, 1.54) is 24.2 Å². The fraction of sp³-hybridized carbons (Fsp3) is 0.692. The van der Waals surface area contributed by atoms with Gasteiger partial charge in [0.25, 0.3) is 0 Å². The van der Waals surface area contributed by atoms with Gasteiger partial charge in [-0.2, -0.15) is 0 Å². The molecule has 2 N–H and O–H groups in total. The van der Waals surface area contributed by atoms with E-state index in [-0.39, 0.29) is 0 Å². The van der Waals surface area contributed by atoms with Crippen molar-refractivity contribution in [2.75, 3.05) is 0 Å². The Bertz CT molecular complexity index is 577. The second-order valence-corrected chi connectivity index (χ2v) is 9.95. The van der Waals surface area contributed by atoms with Crippen LogP contribution in [0.4, 0.5) is 0 Å². The maximum absolute atomic E-state index is 12.4. The van der Waals surface area contributed by atoms with Gasteiger partial charge in [-0.25, -0.2) is 13.1 Å². The van der Waals surface area contributed by atoms with Crippen LogP contribution >= 0.6 is 27.3 Å². The molecule has 4 nitrogen and oxygen atoms in total. The molecule has 1 aliphatic rings. The third-order valence-corrected chi connectivity index (χ3v) is 7.38. The van der Waals surface area contributed by atoms with Gasteiger partial charge in [0.1, 0.15) is 4.90 Å². The molecule has 2 rings (SSSR count). The molecule has 0 bridgehead atoms. The van der Waals surface area contributed by atoms with Gasteiger partial charge in [-0.15, -0.1) is 11.3 Å². The Hall–Kier alpha value is 0.0500. The van der Waals surface area contributed by atoms with Crippen LogP contribution in [0.15, 0.2) is 14.7 Å². The highest BCUT2D eigenvalue weighted by molar-refractivity contribution is 9.11. The second kappa shape index (κ2) is 6.04. The zero-order valence-electron chi connectivity index (χ0n) is 12.0. The van der Waals surface area contributed by atoms with E-state index in [0.29, 0.717) is 14.7 Å². The Labute approximate surface area is 133 Å². The van der Waals surface area contributed by atoms with Crippen molar-refractivity contribution in [3.8, 4) is 0 Å². The van der Waals surface area contributed by atoms with E-state index in [2.05, 4.69) is 26.0 Å². The largest absolute Gasteiger partial charge is 0.309 e. The molecule has 0 aliphatic heterocycles. The fourth-order valence-corrected chi connectivity index (χ4v) is 5.81. The molecule has 0 radical (unpaired) electrons. The van der Waals surface area contributed by atoms with Gasteiger partial charge in [0.05, 0.1) is 3.79 Å². The summed E-state index contributed by atoms with van der Waals surface area (Å²) in [6.07, 6.45) is 3.19. The molecule has 0 amide bonds. The van der Waals surface area contributed by atoms with Gasteiger partial charge in [0.2, 0.25) is 10.0 Å². The molecule has 1 fully saturated rings. The lowest BCUT2D eigenvalue weighted by Crippen LogP contribution is -2.42. The van der Waals surface area contributed by atoms with Crippen molar-refractivity contribution in [2.45, 2.75) is 63.1 Å². The van der Waals surface area contributed by atoms with E-state index < -0.39 is 15.6 Å². The first-order valence-corrected chi connectivity index (χ1v) is 9.88. The van der Waals surface area contributed by atoms with Gasteiger partial charge in [-0.05, 0) is 55.1 Å². The molecule has 0 unspecified atom stereocenters. The van der Waals surface area contributed by atoms with Gasteiger partial charge in [-0.3, -0.25) is 0 Å². The molecule has 0 spiro atoms. The van der Waals surface area contributed by atoms with Crippen molar-refractivity contribution in [1.29, 1.82) is 0 Å². The molecule has 1 aromatic heterocycles. The lowest BCUT2D eigenvalue weighted by Gasteiger charge is -2.23. The summed E-state index contributed by atoms with van der Waals surface area (Å²) in [4.78, 5) is 1.38. The third-order valence-electron chi connectivity index (χ3n) is 3.43. The summed E-state index contributed by atoms with van der Waals surface area (Å²) < 4.78 is 28.3. The number of nitrogens with one attached hydrogen (secondary N) is 2. The van der Waals surface area contributed by atoms with Crippen molar-refractivity contribution in [3.05, 3.63) is 14.7 Å². The number of hydrogen-bond donors (Lipinski definition) is 2. The van der Waals surface area contributed by atoms with Gasteiger partial charge in [0, 0.05) is 23.0 Å². The van der Waals surface area contributed by atoms with Gasteiger partial charge < -0.3 is 5.32 Å². The van der Waals surface area contributed by atoms with Gasteiger partial charge in [-0.1, -0.05) is 6.92 Å². The Morgan fingerprint density at radius 2 is 2.10 bits per heavy atom.